The zero-order valence-corrected chi connectivity index (χ0v) is 19.0. The van der Waals surface area contributed by atoms with E-state index in [-0.39, 0.29) is 0 Å². The van der Waals surface area contributed by atoms with E-state index >= 15 is 0 Å². The minimum Gasteiger partial charge on any atom is -0.379 e. The maximum absolute atomic E-state index is 5.71. The van der Waals surface area contributed by atoms with E-state index in [1.807, 2.05) is 0 Å². The van der Waals surface area contributed by atoms with Gasteiger partial charge in [-0.25, -0.2) is 0 Å². The lowest BCUT2D eigenvalue weighted by molar-refractivity contribution is 0.00455. The highest BCUT2D eigenvalue weighted by atomic mass is 16.5. The molecule has 0 aliphatic carbocycles. The summed E-state index contributed by atoms with van der Waals surface area (Å²) in [4.78, 5) is 5.11. The molecule has 0 amide bonds. The molecule has 5 heteroatoms. The topological polar surface area (TPSA) is 34.2 Å². The summed E-state index contributed by atoms with van der Waals surface area (Å²) in [6.07, 6.45) is 2.36. The molecule has 0 N–H and O–H groups in total. The smallest absolute Gasteiger partial charge is 0.0701 e. The van der Waals surface area contributed by atoms with E-state index < -0.39 is 0 Å². The van der Waals surface area contributed by atoms with Gasteiger partial charge in [0.2, 0.25) is 0 Å². The first-order valence-electron chi connectivity index (χ1n) is 10.8. The zero-order chi connectivity index (χ0) is 20.2. The first kappa shape index (κ1) is 24.8. The van der Waals surface area contributed by atoms with Gasteiger partial charge >= 0.3 is 0 Å². The summed E-state index contributed by atoms with van der Waals surface area (Å²) in [6, 6.07) is 0. The van der Waals surface area contributed by atoms with Gasteiger partial charge in [0, 0.05) is 39.3 Å². The van der Waals surface area contributed by atoms with Crippen LogP contribution in [-0.2, 0) is 14.2 Å². The maximum atomic E-state index is 5.71. The Morgan fingerprint density at radius 3 is 1.41 bits per heavy atom. The highest BCUT2D eigenvalue weighted by Crippen LogP contribution is 2.19. The number of ether oxygens (including phenoxy) is 3. The van der Waals surface area contributed by atoms with Gasteiger partial charge in [0.1, 0.15) is 0 Å². The minimum absolute atomic E-state index is 0.341. The summed E-state index contributed by atoms with van der Waals surface area (Å²) < 4.78 is 16.8. The molecule has 0 aromatic carbocycles. The highest BCUT2D eigenvalue weighted by Gasteiger charge is 2.18. The highest BCUT2D eigenvalue weighted by molar-refractivity contribution is 4.74. The van der Waals surface area contributed by atoms with Crippen molar-refractivity contribution in [3.8, 4) is 0 Å². The van der Waals surface area contributed by atoms with E-state index in [4.69, 9.17) is 14.2 Å². The number of nitrogens with zero attached hydrogens (tertiary/aromatic N) is 2. The van der Waals surface area contributed by atoms with Crippen molar-refractivity contribution in [3.63, 3.8) is 0 Å². The predicted octanol–water partition coefficient (Wildman–Crippen LogP) is 3.53. The molecule has 1 rings (SSSR count). The zero-order valence-electron chi connectivity index (χ0n) is 19.0. The standard InChI is InChI=1S/C22H46N2O3/c1-21(2,3)7-9-23-10-12-24(13-11-23)14-16-26-18-20-27-19-17-25-15-8-22(4,5)6/h7-20H2,1-6H3. The molecule has 0 bridgehead atoms. The third-order valence-corrected chi connectivity index (χ3v) is 4.94. The average molecular weight is 387 g/mol. The van der Waals surface area contributed by atoms with Gasteiger partial charge in [0.15, 0.2) is 0 Å². The third kappa shape index (κ3) is 15.4. The largest absolute Gasteiger partial charge is 0.379 e. The quantitative estimate of drug-likeness (QED) is 0.452. The fourth-order valence-electron chi connectivity index (χ4n) is 2.84. The second-order valence-electron chi connectivity index (χ2n) is 10.1. The lowest BCUT2D eigenvalue weighted by atomic mass is 9.92. The van der Waals surface area contributed by atoms with E-state index in [0.717, 1.165) is 39.3 Å². The molecule has 1 heterocycles. The Labute approximate surface area is 168 Å². The molecule has 0 atom stereocenters. The number of hydrogen-bond donors (Lipinski definition) is 0. The van der Waals surface area contributed by atoms with Gasteiger partial charge in [-0.2, -0.15) is 0 Å². The van der Waals surface area contributed by atoms with Crippen LogP contribution in [0.5, 0.6) is 0 Å². The Bertz CT molecular complexity index is 356. The number of rotatable bonds is 13. The van der Waals surface area contributed by atoms with Crippen LogP contribution in [0.1, 0.15) is 54.4 Å². The van der Waals surface area contributed by atoms with Crippen LogP contribution in [0.25, 0.3) is 0 Å². The van der Waals surface area contributed by atoms with Crippen molar-refractivity contribution in [3.05, 3.63) is 0 Å². The van der Waals surface area contributed by atoms with Gasteiger partial charge in [-0.05, 0) is 30.2 Å². The van der Waals surface area contributed by atoms with Gasteiger partial charge in [0.25, 0.3) is 0 Å². The van der Waals surface area contributed by atoms with Crippen LogP contribution in [0, 0.1) is 10.8 Å². The summed E-state index contributed by atoms with van der Waals surface area (Å²) in [7, 11) is 0. The summed E-state index contributed by atoms with van der Waals surface area (Å²) in [6.45, 7) is 24.9. The van der Waals surface area contributed by atoms with Crippen LogP contribution < -0.4 is 0 Å². The Hall–Kier alpha value is -0.200. The molecule has 1 aliphatic rings. The summed E-state index contributed by atoms with van der Waals surface area (Å²) in [5.41, 5.74) is 0.777. The van der Waals surface area contributed by atoms with Crippen LogP contribution in [-0.4, -0.2) is 88.7 Å². The minimum atomic E-state index is 0.341. The molecule has 0 saturated carbocycles. The molecule has 1 aliphatic heterocycles. The molecule has 162 valence electrons. The molecule has 1 saturated heterocycles. The van der Waals surface area contributed by atoms with Gasteiger partial charge < -0.3 is 19.1 Å². The normalized spacial score (nSPS) is 17.6. The molecular formula is C22H46N2O3. The predicted molar refractivity (Wildman–Crippen MR) is 113 cm³/mol. The first-order chi connectivity index (χ1) is 12.7. The van der Waals surface area contributed by atoms with Crippen LogP contribution in [0.2, 0.25) is 0 Å². The lowest BCUT2D eigenvalue weighted by Gasteiger charge is -2.35. The van der Waals surface area contributed by atoms with Crippen molar-refractivity contribution in [1.29, 1.82) is 0 Å². The van der Waals surface area contributed by atoms with Crippen LogP contribution in [0.3, 0.4) is 0 Å². The molecule has 0 unspecified atom stereocenters. The number of hydrogen-bond acceptors (Lipinski definition) is 5. The second kappa shape index (κ2) is 13.1. The van der Waals surface area contributed by atoms with E-state index in [9.17, 15) is 0 Å². The summed E-state index contributed by atoms with van der Waals surface area (Å²) in [5.74, 6) is 0. The Balaban J connectivity index is 1.85. The van der Waals surface area contributed by atoms with Gasteiger partial charge in [-0.15, -0.1) is 0 Å². The Kier molecular flexibility index (Phi) is 12.1. The van der Waals surface area contributed by atoms with Crippen molar-refractivity contribution in [2.75, 3.05) is 78.9 Å². The molecule has 5 nitrogen and oxygen atoms in total. The molecule has 27 heavy (non-hydrogen) atoms. The van der Waals surface area contributed by atoms with Crippen molar-refractivity contribution < 1.29 is 14.2 Å². The second-order valence-corrected chi connectivity index (χ2v) is 10.1. The molecule has 0 aromatic rings. The molecule has 0 radical (unpaired) electrons. The van der Waals surface area contributed by atoms with Gasteiger partial charge in [0.05, 0.1) is 33.0 Å². The molecule has 1 fully saturated rings. The van der Waals surface area contributed by atoms with Crippen LogP contribution >= 0.6 is 0 Å². The monoisotopic (exact) mass is 386 g/mol. The third-order valence-electron chi connectivity index (χ3n) is 4.94. The van der Waals surface area contributed by atoms with E-state index in [1.165, 1.54) is 26.1 Å². The van der Waals surface area contributed by atoms with E-state index in [1.54, 1.807) is 0 Å². The van der Waals surface area contributed by atoms with E-state index in [2.05, 4.69) is 51.3 Å². The Morgan fingerprint density at radius 1 is 0.519 bits per heavy atom. The molecule has 0 spiro atoms. The maximum Gasteiger partial charge on any atom is 0.0701 e. The van der Waals surface area contributed by atoms with Gasteiger partial charge in [-0.3, -0.25) is 4.90 Å². The molecular weight excluding hydrogens is 340 g/mol. The SMILES string of the molecule is CC(C)(C)CCOCCOCCOCCN1CCN(CCC(C)(C)C)CC1. The van der Waals surface area contributed by atoms with Gasteiger partial charge in [-0.1, -0.05) is 41.5 Å². The fourth-order valence-corrected chi connectivity index (χ4v) is 2.84. The van der Waals surface area contributed by atoms with Crippen LogP contribution in [0.4, 0.5) is 0 Å². The first-order valence-corrected chi connectivity index (χ1v) is 10.8. The average Bonchev–Trinajstić information content (AvgIpc) is 2.57. The summed E-state index contributed by atoms with van der Waals surface area (Å²) in [5, 5.41) is 0. The van der Waals surface area contributed by atoms with Crippen LogP contribution in [0.15, 0.2) is 0 Å². The van der Waals surface area contributed by atoms with Crippen molar-refractivity contribution in [2.24, 2.45) is 10.8 Å². The molecule has 0 aromatic heterocycles. The fraction of sp³-hybridized carbons (Fsp3) is 1.00. The Morgan fingerprint density at radius 2 is 0.926 bits per heavy atom. The van der Waals surface area contributed by atoms with E-state index in [0.29, 0.717) is 37.3 Å². The van der Waals surface area contributed by atoms with Crippen molar-refractivity contribution in [2.45, 2.75) is 54.4 Å². The lowest BCUT2D eigenvalue weighted by Crippen LogP contribution is -2.47. The van der Waals surface area contributed by atoms with Crippen molar-refractivity contribution >= 4 is 0 Å². The van der Waals surface area contributed by atoms with Crippen molar-refractivity contribution in [1.82, 2.24) is 9.80 Å². The summed E-state index contributed by atoms with van der Waals surface area (Å²) >= 11 is 0. The number of piperazine rings is 1.